The molecular weight excluding hydrogens is 258 g/mol. The van der Waals surface area contributed by atoms with Crippen molar-refractivity contribution in [3.63, 3.8) is 0 Å². The number of hydrogen-bond acceptors (Lipinski definition) is 3. The van der Waals surface area contributed by atoms with Gasteiger partial charge in [-0.05, 0) is 55.8 Å². The number of benzene rings is 1. The quantitative estimate of drug-likeness (QED) is 0.857. The average molecular weight is 295 g/mol. The average Bonchev–Trinajstić information content (AvgIpc) is 2.61. The van der Waals surface area contributed by atoms with Crippen molar-refractivity contribution in [3.8, 4) is 0 Å². The number of nitrogens with zero attached hydrogens (tertiary/aromatic N) is 1. The fourth-order valence-corrected chi connectivity index (χ4v) is 1.96. The number of likely N-dealkylation sites (tertiary alicyclic amines) is 1. The Hall–Kier alpha value is -0.870. The third kappa shape index (κ3) is 3.80. The largest absolute Gasteiger partial charge is 0.303 e. The van der Waals surface area contributed by atoms with Crippen LogP contribution in [0.15, 0.2) is 29.1 Å². The van der Waals surface area contributed by atoms with Crippen LogP contribution in [0.2, 0.25) is 0 Å². The minimum atomic E-state index is -4.43. The molecule has 0 aliphatic carbocycles. The maximum absolute atomic E-state index is 12.2. The van der Waals surface area contributed by atoms with E-state index in [2.05, 4.69) is 0 Å². The Morgan fingerprint density at radius 3 is 3.05 bits per heavy atom. The molecule has 1 aliphatic heterocycles. The lowest BCUT2D eigenvalue weighted by Crippen LogP contribution is -2.34. The zero-order chi connectivity index (χ0) is 25.5. The van der Waals surface area contributed by atoms with Gasteiger partial charge >= 0.3 is 0 Å². The van der Waals surface area contributed by atoms with Crippen LogP contribution in [0.25, 0.3) is 0 Å². The van der Waals surface area contributed by atoms with E-state index in [9.17, 15) is 8.42 Å². The van der Waals surface area contributed by atoms with Gasteiger partial charge in [-0.1, -0.05) is 19.0 Å². The normalized spacial score (nSPS) is 45.9. The first-order valence-electron chi connectivity index (χ1n) is 12.2. The Balaban J connectivity index is 3.19. The van der Waals surface area contributed by atoms with Crippen LogP contribution in [-0.4, -0.2) is 39.1 Å². The van der Waals surface area contributed by atoms with E-state index in [1.54, 1.807) is 0 Å². The van der Waals surface area contributed by atoms with Crippen molar-refractivity contribution in [1.82, 2.24) is 4.90 Å². The van der Waals surface area contributed by atoms with Crippen molar-refractivity contribution in [2.24, 2.45) is 0 Å². The van der Waals surface area contributed by atoms with E-state index in [0.29, 0.717) is 11.2 Å². The predicted molar refractivity (Wildman–Crippen MR) is 78.3 cm³/mol. The molecule has 106 valence electrons. The summed E-state index contributed by atoms with van der Waals surface area (Å²) >= 11 is 0. The van der Waals surface area contributed by atoms with Crippen molar-refractivity contribution in [2.45, 2.75) is 36.9 Å². The van der Waals surface area contributed by atoms with Gasteiger partial charge in [-0.2, -0.15) is 0 Å². The molecule has 1 heterocycles. The zero-order valence-corrected chi connectivity index (χ0v) is 11.4. The minimum absolute atomic E-state index is 0.0690. The summed E-state index contributed by atoms with van der Waals surface area (Å²) in [6.07, 6.45) is -6.67. The summed E-state index contributed by atoms with van der Waals surface area (Å²) in [5.74, 6) is -3.57. The molecule has 1 unspecified atom stereocenters. The Morgan fingerprint density at radius 1 is 1.58 bits per heavy atom. The van der Waals surface area contributed by atoms with E-state index in [4.69, 9.17) is 17.8 Å². The van der Waals surface area contributed by atoms with Crippen molar-refractivity contribution in [3.05, 3.63) is 29.7 Å². The van der Waals surface area contributed by atoms with E-state index in [1.807, 2.05) is 0 Å². The van der Waals surface area contributed by atoms with Gasteiger partial charge in [0.2, 0.25) is 0 Å². The second-order valence-corrected chi connectivity index (χ2v) is 5.93. The summed E-state index contributed by atoms with van der Waals surface area (Å²) < 4.78 is 132. The van der Waals surface area contributed by atoms with Crippen molar-refractivity contribution >= 4 is 9.84 Å². The molecule has 1 atom stereocenters. The number of hydrogen-bond donors (Lipinski definition) is 0. The number of piperidine rings is 1. The molecule has 0 aromatic heterocycles. The molecule has 0 amide bonds. The predicted octanol–water partition coefficient (Wildman–Crippen LogP) is 2.68. The van der Waals surface area contributed by atoms with Crippen LogP contribution in [0.4, 0.5) is 0 Å². The van der Waals surface area contributed by atoms with Gasteiger partial charge in [0.25, 0.3) is 0 Å². The van der Waals surface area contributed by atoms with Crippen LogP contribution in [0, 0.1) is 0 Å². The van der Waals surface area contributed by atoms with Gasteiger partial charge in [0.15, 0.2) is 9.84 Å². The lowest BCUT2D eigenvalue weighted by atomic mass is 9.90. The molecule has 19 heavy (non-hydrogen) atoms. The first kappa shape index (κ1) is 5.15. The zero-order valence-electron chi connectivity index (χ0n) is 23.6. The Kier molecular flexibility index (Phi) is 1.64. The summed E-state index contributed by atoms with van der Waals surface area (Å²) in [6, 6.07) is -4.61. The Bertz CT molecular complexity index is 1060. The monoisotopic (exact) mass is 294 g/mol. The molecule has 0 bridgehead atoms. The highest BCUT2D eigenvalue weighted by Gasteiger charge is 2.21. The van der Waals surface area contributed by atoms with Gasteiger partial charge in [-0.15, -0.1) is 0 Å². The summed E-state index contributed by atoms with van der Waals surface area (Å²) in [4.78, 5) is -0.825. The first-order valence-corrected chi connectivity index (χ1v) is 7.56. The van der Waals surface area contributed by atoms with Gasteiger partial charge in [0.1, 0.15) is 0 Å². The molecule has 2 rings (SSSR count). The summed E-state index contributed by atoms with van der Waals surface area (Å²) in [5, 5.41) is 0. The molecule has 1 fully saturated rings. The second kappa shape index (κ2) is 6.06. The molecule has 0 spiro atoms. The van der Waals surface area contributed by atoms with E-state index >= 15 is 0 Å². The highest BCUT2D eigenvalue weighted by Crippen LogP contribution is 2.28. The van der Waals surface area contributed by atoms with Crippen LogP contribution in [-0.2, 0) is 9.84 Å². The first-order chi connectivity index (χ1) is 14.1. The lowest BCUT2D eigenvalue weighted by Gasteiger charge is -2.32. The Morgan fingerprint density at radius 2 is 2.37 bits per heavy atom. The smallest absolute Gasteiger partial charge is 0.175 e. The summed E-state index contributed by atoms with van der Waals surface area (Å²) in [6.45, 7) is -5.64. The van der Waals surface area contributed by atoms with E-state index in [-0.39, 0.29) is 6.42 Å². The topological polar surface area (TPSA) is 37.4 Å². The summed E-state index contributed by atoms with van der Waals surface area (Å²) in [5.41, 5.74) is -1.24. The van der Waals surface area contributed by atoms with Gasteiger partial charge in [0, 0.05) is 25.1 Å². The standard InChI is InChI=1S/C15H23NO2S/c1-3-9-16-10-5-7-14(12-16)13-6-4-8-15(11-13)19(2,17)18/h4,6,8,11,14H,3,5,7,9-10,12H2,1-2H3/i4D,5D2,6D,7D2,8D,10D2,11D,12D2,14D. The Labute approximate surface area is 134 Å². The molecule has 1 aliphatic rings. The molecule has 4 heteroatoms. The maximum Gasteiger partial charge on any atom is 0.175 e. The van der Waals surface area contributed by atoms with Crippen LogP contribution < -0.4 is 0 Å². The van der Waals surface area contributed by atoms with Gasteiger partial charge in [0.05, 0.1) is 10.4 Å². The number of sulfone groups is 1. The molecule has 0 radical (unpaired) electrons. The SMILES string of the molecule is [2H]c1c([2H])c(C2([2H])C([2H])([2H])N(CCC)C([2H])([2H])C([2H])([2H])C2([2H])[2H])c([2H])c(S(C)(=O)=O)c1[2H]. The highest BCUT2D eigenvalue weighted by molar-refractivity contribution is 7.90. The third-order valence-corrected chi connectivity index (χ3v) is 3.24. The highest BCUT2D eigenvalue weighted by atomic mass is 32.2. The van der Waals surface area contributed by atoms with Gasteiger partial charge < -0.3 is 4.90 Å². The fraction of sp³-hybridized carbons (Fsp3) is 0.600. The maximum atomic E-state index is 12.2. The summed E-state index contributed by atoms with van der Waals surface area (Å²) in [7, 11) is -4.43. The van der Waals surface area contributed by atoms with Gasteiger partial charge in [-0.25, -0.2) is 8.42 Å². The fourth-order valence-electron chi connectivity index (χ4n) is 1.44. The second-order valence-electron chi connectivity index (χ2n) is 3.98. The third-order valence-electron chi connectivity index (χ3n) is 2.30. The lowest BCUT2D eigenvalue weighted by molar-refractivity contribution is 0.208. The van der Waals surface area contributed by atoms with Crippen molar-refractivity contribution in [1.29, 1.82) is 0 Å². The molecule has 1 aromatic carbocycles. The minimum Gasteiger partial charge on any atom is -0.303 e. The van der Waals surface area contributed by atoms with Crippen LogP contribution >= 0.6 is 0 Å². The molecule has 1 aromatic rings. The van der Waals surface area contributed by atoms with Crippen molar-refractivity contribution < 1.29 is 26.2 Å². The van der Waals surface area contributed by atoms with E-state index < -0.39 is 82.6 Å². The molecular formula is C15H23NO2S. The van der Waals surface area contributed by atoms with E-state index in [0.717, 1.165) is 0 Å². The molecule has 3 nitrogen and oxygen atoms in total. The van der Waals surface area contributed by atoms with Crippen LogP contribution in [0.5, 0.6) is 0 Å². The molecule has 1 saturated heterocycles. The molecule has 0 saturated carbocycles. The number of rotatable bonds is 4. The van der Waals surface area contributed by atoms with E-state index in [1.165, 1.54) is 6.92 Å². The van der Waals surface area contributed by atoms with Crippen LogP contribution in [0.1, 0.15) is 55.4 Å². The molecule has 0 N–H and O–H groups in total. The van der Waals surface area contributed by atoms with Crippen LogP contribution in [0.3, 0.4) is 0 Å². The van der Waals surface area contributed by atoms with Gasteiger partial charge in [-0.3, -0.25) is 0 Å². The van der Waals surface area contributed by atoms with Crippen molar-refractivity contribution in [2.75, 3.05) is 25.8 Å².